The zero-order valence-electron chi connectivity index (χ0n) is 5.41. The first kappa shape index (κ1) is 7.50. The first-order chi connectivity index (χ1) is 4.79. The molecule has 4 heteroatoms. The fraction of sp³-hybridized carbons (Fsp3) is 0.333. The van der Waals surface area contributed by atoms with Crippen LogP contribution in [0.1, 0.15) is 5.56 Å². The summed E-state index contributed by atoms with van der Waals surface area (Å²) in [5.74, 6) is 0.317. The maximum absolute atomic E-state index is 10.2. The molecule has 0 amide bonds. The Morgan fingerprint density at radius 2 is 2.50 bits per heavy atom. The van der Waals surface area contributed by atoms with Gasteiger partial charge in [0.05, 0.1) is 5.75 Å². The normalized spacial score (nSPS) is 13.3. The molecule has 1 aromatic rings. The van der Waals surface area contributed by atoms with E-state index in [0.29, 0.717) is 12.2 Å². The third kappa shape index (κ3) is 2.33. The molecule has 3 nitrogen and oxygen atoms in total. The van der Waals surface area contributed by atoms with E-state index in [-0.39, 0.29) is 0 Å². The fourth-order valence-corrected chi connectivity index (χ4v) is 1.13. The summed E-state index contributed by atoms with van der Waals surface area (Å²) in [5.41, 5.74) is 1.07. The number of aromatic amines is 1. The van der Waals surface area contributed by atoms with Gasteiger partial charge >= 0.3 is 0 Å². The molecule has 0 aromatic carbocycles. The van der Waals surface area contributed by atoms with Crippen LogP contribution in [0.3, 0.4) is 0 Å². The third-order valence-corrected chi connectivity index (χ3v) is 1.78. The highest BCUT2D eigenvalue weighted by Gasteiger charge is 1.95. The van der Waals surface area contributed by atoms with Crippen LogP contribution < -0.4 is 0 Å². The molecule has 1 aromatic heterocycles. The molecule has 1 unspecified atom stereocenters. The highest BCUT2D eigenvalue weighted by molar-refractivity contribution is 7.79. The molecule has 0 saturated carbocycles. The minimum Gasteiger partial charge on any atom is -0.367 e. The van der Waals surface area contributed by atoms with Crippen molar-refractivity contribution in [3.05, 3.63) is 24.0 Å². The van der Waals surface area contributed by atoms with Crippen molar-refractivity contribution in [3.63, 3.8) is 0 Å². The van der Waals surface area contributed by atoms with Crippen molar-refractivity contribution in [2.75, 3.05) is 5.75 Å². The van der Waals surface area contributed by atoms with Crippen LogP contribution in [-0.4, -0.2) is 19.5 Å². The Labute approximate surface area is 61.7 Å². The van der Waals surface area contributed by atoms with E-state index in [9.17, 15) is 4.21 Å². The Kier molecular flexibility index (Phi) is 2.65. The van der Waals surface area contributed by atoms with Crippen molar-refractivity contribution in [1.29, 1.82) is 0 Å². The molecule has 56 valence electrons. The maximum Gasteiger partial charge on any atom is 0.153 e. The summed E-state index contributed by atoms with van der Waals surface area (Å²) < 4.78 is 18.6. The first-order valence-electron chi connectivity index (χ1n) is 2.98. The summed E-state index contributed by atoms with van der Waals surface area (Å²) in [6, 6.07) is 1.90. The quantitative estimate of drug-likeness (QED) is 0.640. The number of H-pyrrole nitrogens is 1. The summed E-state index contributed by atoms with van der Waals surface area (Å²) in [6.07, 6.45) is 4.29. The Hall–Kier alpha value is -0.610. The van der Waals surface area contributed by atoms with Crippen molar-refractivity contribution in [3.8, 4) is 0 Å². The highest BCUT2D eigenvalue weighted by Crippen LogP contribution is 1.97. The van der Waals surface area contributed by atoms with Gasteiger partial charge in [-0.05, 0) is 18.1 Å². The van der Waals surface area contributed by atoms with Gasteiger partial charge in [0, 0.05) is 12.4 Å². The van der Waals surface area contributed by atoms with Crippen LogP contribution in [0.5, 0.6) is 0 Å². The zero-order chi connectivity index (χ0) is 7.40. The lowest BCUT2D eigenvalue weighted by Crippen LogP contribution is -1.97. The minimum atomic E-state index is -1.66. The lowest BCUT2D eigenvalue weighted by molar-refractivity contribution is 0.563. The van der Waals surface area contributed by atoms with Crippen molar-refractivity contribution in [1.82, 2.24) is 4.98 Å². The summed E-state index contributed by atoms with van der Waals surface area (Å²) in [4.78, 5) is 2.87. The van der Waals surface area contributed by atoms with Gasteiger partial charge < -0.3 is 9.54 Å². The highest BCUT2D eigenvalue weighted by atomic mass is 32.2. The Morgan fingerprint density at radius 1 is 1.70 bits per heavy atom. The number of rotatable bonds is 3. The molecule has 0 spiro atoms. The second-order valence-electron chi connectivity index (χ2n) is 1.99. The summed E-state index contributed by atoms with van der Waals surface area (Å²) in [6.45, 7) is 0. The monoisotopic (exact) mass is 159 g/mol. The summed E-state index contributed by atoms with van der Waals surface area (Å²) in [7, 11) is 0. The number of aromatic nitrogens is 1. The van der Waals surface area contributed by atoms with Crippen LogP contribution in [0.2, 0.25) is 0 Å². The Morgan fingerprint density at radius 3 is 3.00 bits per heavy atom. The van der Waals surface area contributed by atoms with Gasteiger partial charge in [-0.1, -0.05) is 0 Å². The lowest BCUT2D eigenvalue weighted by atomic mass is 10.3. The third-order valence-electron chi connectivity index (χ3n) is 1.23. The number of hydrogen-bond donors (Lipinski definition) is 2. The van der Waals surface area contributed by atoms with Crippen LogP contribution >= 0.6 is 0 Å². The maximum atomic E-state index is 10.2. The molecule has 1 atom stereocenters. The van der Waals surface area contributed by atoms with E-state index in [4.69, 9.17) is 4.55 Å². The molecule has 2 N–H and O–H groups in total. The molecule has 0 aliphatic carbocycles. The predicted octanol–water partition coefficient (Wildman–Crippen LogP) is 0.779. The largest absolute Gasteiger partial charge is 0.367 e. The van der Waals surface area contributed by atoms with Crippen LogP contribution in [0.25, 0.3) is 0 Å². The van der Waals surface area contributed by atoms with Crippen molar-refractivity contribution in [2.24, 2.45) is 0 Å². The van der Waals surface area contributed by atoms with Gasteiger partial charge in [-0.2, -0.15) is 0 Å². The molecule has 0 aliphatic rings. The van der Waals surface area contributed by atoms with E-state index in [1.54, 1.807) is 6.20 Å². The molecule has 0 fully saturated rings. The molecule has 1 rings (SSSR count). The topological polar surface area (TPSA) is 53.1 Å². The van der Waals surface area contributed by atoms with E-state index >= 15 is 0 Å². The first-order valence-corrected chi connectivity index (χ1v) is 4.26. The van der Waals surface area contributed by atoms with E-state index in [1.807, 2.05) is 12.3 Å². The molecule has 0 bridgehead atoms. The molecule has 0 aliphatic heterocycles. The lowest BCUT2D eigenvalue weighted by Gasteiger charge is -1.90. The Balaban J connectivity index is 2.35. The number of aryl methyl sites for hydroxylation is 1. The second kappa shape index (κ2) is 3.53. The van der Waals surface area contributed by atoms with Crippen molar-refractivity contribution >= 4 is 11.1 Å². The van der Waals surface area contributed by atoms with Gasteiger partial charge in [0.2, 0.25) is 0 Å². The van der Waals surface area contributed by atoms with E-state index in [0.717, 1.165) is 5.56 Å². The van der Waals surface area contributed by atoms with Crippen LogP contribution in [-0.2, 0) is 17.5 Å². The summed E-state index contributed by atoms with van der Waals surface area (Å²) >= 11 is -1.66. The molecular formula is C6H9NO2S. The smallest absolute Gasteiger partial charge is 0.153 e. The van der Waals surface area contributed by atoms with Gasteiger partial charge in [0.1, 0.15) is 0 Å². The van der Waals surface area contributed by atoms with Gasteiger partial charge in [-0.3, -0.25) is 0 Å². The second-order valence-corrected chi connectivity index (χ2v) is 3.05. The zero-order valence-corrected chi connectivity index (χ0v) is 6.23. The molecule has 0 radical (unpaired) electrons. The van der Waals surface area contributed by atoms with E-state index in [1.165, 1.54) is 0 Å². The summed E-state index contributed by atoms with van der Waals surface area (Å²) in [5, 5.41) is 0. The van der Waals surface area contributed by atoms with Gasteiger partial charge in [-0.25, -0.2) is 4.21 Å². The molecule has 1 heterocycles. The van der Waals surface area contributed by atoms with Crippen LogP contribution in [0, 0.1) is 0 Å². The van der Waals surface area contributed by atoms with Gasteiger partial charge in [-0.15, -0.1) is 0 Å². The van der Waals surface area contributed by atoms with Gasteiger partial charge in [0.25, 0.3) is 0 Å². The van der Waals surface area contributed by atoms with E-state index < -0.39 is 11.1 Å². The van der Waals surface area contributed by atoms with E-state index in [2.05, 4.69) is 4.98 Å². The van der Waals surface area contributed by atoms with Crippen LogP contribution in [0.15, 0.2) is 18.5 Å². The number of hydrogen-bond acceptors (Lipinski definition) is 1. The average Bonchev–Trinajstić information content (AvgIpc) is 2.34. The SMILES string of the molecule is O=S(O)CCc1cc[nH]c1. The predicted molar refractivity (Wildman–Crippen MR) is 40.1 cm³/mol. The van der Waals surface area contributed by atoms with Crippen molar-refractivity contribution in [2.45, 2.75) is 6.42 Å². The van der Waals surface area contributed by atoms with Gasteiger partial charge in [0.15, 0.2) is 11.1 Å². The van der Waals surface area contributed by atoms with Crippen LogP contribution in [0.4, 0.5) is 0 Å². The average molecular weight is 159 g/mol. The minimum absolute atomic E-state index is 0.317. The number of nitrogens with one attached hydrogen (secondary N) is 1. The molecular weight excluding hydrogens is 150 g/mol. The molecule has 0 saturated heterocycles. The fourth-order valence-electron chi connectivity index (χ4n) is 0.719. The van der Waals surface area contributed by atoms with Crippen molar-refractivity contribution < 1.29 is 8.76 Å². The standard InChI is InChI=1S/C6H9NO2S/c8-10(9)4-2-6-1-3-7-5-6/h1,3,5,7H,2,4H2,(H,8,9). The molecule has 10 heavy (non-hydrogen) atoms. The Bertz CT molecular complexity index is 208.